The lowest BCUT2D eigenvalue weighted by atomic mass is 10.1. The molecular formula is C10H14ClN5. The van der Waals surface area contributed by atoms with Gasteiger partial charge in [0.05, 0.1) is 28.6 Å². The number of nitrogens with two attached hydrogens (primary N) is 1. The largest absolute Gasteiger partial charge is 0.318 e. The van der Waals surface area contributed by atoms with E-state index in [0.717, 1.165) is 17.9 Å². The van der Waals surface area contributed by atoms with Gasteiger partial charge in [0.2, 0.25) is 0 Å². The van der Waals surface area contributed by atoms with E-state index < -0.39 is 0 Å². The third-order valence-electron chi connectivity index (χ3n) is 2.48. The van der Waals surface area contributed by atoms with E-state index in [2.05, 4.69) is 10.2 Å². The third-order valence-corrected chi connectivity index (χ3v) is 2.77. The van der Waals surface area contributed by atoms with Crippen LogP contribution in [0.5, 0.6) is 0 Å². The molecule has 2 rings (SSSR count). The van der Waals surface area contributed by atoms with Crippen LogP contribution in [0.25, 0.3) is 0 Å². The zero-order valence-electron chi connectivity index (χ0n) is 9.26. The van der Waals surface area contributed by atoms with Crippen molar-refractivity contribution in [3.63, 3.8) is 0 Å². The molecule has 0 aromatic carbocycles. The van der Waals surface area contributed by atoms with Gasteiger partial charge in [-0.3, -0.25) is 9.36 Å². The van der Waals surface area contributed by atoms with Crippen LogP contribution in [0.4, 0.5) is 0 Å². The number of aromatic nitrogens is 4. The van der Waals surface area contributed by atoms with Gasteiger partial charge >= 0.3 is 0 Å². The highest BCUT2D eigenvalue weighted by atomic mass is 35.5. The Hall–Kier alpha value is -1.33. The summed E-state index contributed by atoms with van der Waals surface area (Å²) in [5.41, 5.74) is 7.73. The quantitative estimate of drug-likeness (QED) is 0.879. The number of hydrogen-bond acceptors (Lipinski definition) is 3. The number of hydrogen-bond donors (Lipinski definition) is 1. The highest BCUT2D eigenvalue weighted by Crippen LogP contribution is 2.25. The first-order valence-electron chi connectivity index (χ1n) is 5.09. The second kappa shape index (κ2) is 4.27. The van der Waals surface area contributed by atoms with Crippen molar-refractivity contribution in [2.24, 2.45) is 12.8 Å². The van der Waals surface area contributed by atoms with Crippen molar-refractivity contribution in [1.82, 2.24) is 19.6 Å². The number of rotatable bonds is 3. The van der Waals surface area contributed by atoms with Crippen LogP contribution in [-0.4, -0.2) is 19.6 Å². The van der Waals surface area contributed by atoms with Crippen molar-refractivity contribution < 1.29 is 0 Å². The summed E-state index contributed by atoms with van der Waals surface area (Å²) < 4.78 is 3.51. The molecule has 0 saturated carbocycles. The van der Waals surface area contributed by atoms with Crippen LogP contribution < -0.4 is 5.73 Å². The first-order valence-corrected chi connectivity index (χ1v) is 5.47. The summed E-state index contributed by atoms with van der Waals surface area (Å²) in [7, 11) is 1.86. The van der Waals surface area contributed by atoms with E-state index in [4.69, 9.17) is 17.3 Å². The van der Waals surface area contributed by atoms with Crippen LogP contribution in [-0.2, 0) is 13.6 Å². The predicted octanol–water partition coefficient (Wildman–Crippen LogP) is 1.34. The van der Waals surface area contributed by atoms with Crippen molar-refractivity contribution in [3.05, 3.63) is 34.9 Å². The fraction of sp³-hybridized carbons (Fsp3) is 0.400. The van der Waals surface area contributed by atoms with Crippen LogP contribution in [0.3, 0.4) is 0 Å². The van der Waals surface area contributed by atoms with Gasteiger partial charge in [-0.25, -0.2) is 0 Å². The fourth-order valence-electron chi connectivity index (χ4n) is 1.67. The molecule has 6 heteroatoms. The minimum Gasteiger partial charge on any atom is -0.318 e. The second-order valence-corrected chi connectivity index (χ2v) is 3.99. The number of halogens is 1. The molecule has 1 unspecified atom stereocenters. The van der Waals surface area contributed by atoms with E-state index in [0.29, 0.717) is 5.02 Å². The summed E-state index contributed by atoms with van der Waals surface area (Å²) in [6.07, 6.45) is 3.47. The van der Waals surface area contributed by atoms with Crippen LogP contribution >= 0.6 is 11.6 Å². The molecule has 0 saturated heterocycles. The first-order chi connectivity index (χ1) is 7.63. The molecule has 2 N–H and O–H groups in total. The number of nitrogens with zero attached hydrogens (tertiary/aromatic N) is 4. The summed E-state index contributed by atoms with van der Waals surface area (Å²) in [5.74, 6) is 0. The van der Waals surface area contributed by atoms with E-state index in [9.17, 15) is 0 Å². The Labute approximate surface area is 98.8 Å². The summed E-state index contributed by atoms with van der Waals surface area (Å²) in [5, 5.41) is 9.02. The van der Waals surface area contributed by atoms with Gasteiger partial charge in [-0.1, -0.05) is 11.6 Å². The highest BCUT2D eigenvalue weighted by molar-refractivity contribution is 6.31. The van der Waals surface area contributed by atoms with Crippen molar-refractivity contribution >= 4 is 11.6 Å². The molecule has 0 aliphatic rings. The fourth-order valence-corrected chi connectivity index (χ4v) is 1.93. The van der Waals surface area contributed by atoms with Crippen molar-refractivity contribution in [2.45, 2.75) is 19.5 Å². The summed E-state index contributed by atoms with van der Waals surface area (Å²) in [6.45, 7) is 2.74. The maximum absolute atomic E-state index is 6.13. The van der Waals surface area contributed by atoms with E-state index in [1.807, 2.05) is 26.2 Å². The lowest BCUT2D eigenvalue weighted by Gasteiger charge is -2.11. The van der Waals surface area contributed by atoms with Crippen LogP contribution in [0.2, 0.25) is 5.02 Å². The Morgan fingerprint density at radius 1 is 1.56 bits per heavy atom. The average Bonchev–Trinajstić information content (AvgIpc) is 2.83. The van der Waals surface area contributed by atoms with Crippen molar-refractivity contribution in [1.29, 1.82) is 0 Å². The van der Waals surface area contributed by atoms with E-state index >= 15 is 0 Å². The summed E-state index contributed by atoms with van der Waals surface area (Å²) in [4.78, 5) is 0. The monoisotopic (exact) mass is 239 g/mol. The maximum Gasteiger partial charge on any atom is 0.0930 e. The van der Waals surface area contributed by atoms with Gasteiger partial charge in [0.15, 0.2) is 0 Å². The molecule has 2 aromatic heterocycles. The van der Waals surface area contributed by atoms with E-state index in [1.54, 1.807) is 15.6 Å². The van der Waals surface area contributed by atoms with E-state index in [1.165, 1.54) is 0 Å². The van der Waals surface area contributed by atoms with Gasteiger partial charge in [0, 0.05) is 19.8 Å². The standard InChI is InChI=1S/C10H14ClN5/c1-3-16-10(7(11)6-13-16)9(12)8-4-5-15(2)14-8/h4-6,9H,3,12H2,1-2H3. The second-order valence-electron chi connectivity index (χ2n) is 3.59. The molecule has 2 aromatic rings. The van der Waals surface area contributed by atoms with Crippen LogP contribution in [0, 0.1) is 0 Å². The Morgan fingerprint density at radius 3 is 2.88 bits per heavy atom. The Balaban J connectivity index is 2.40. The SMILES string of the molecule is CCn1ncc(Cl)c1C(N)c1ccn(C)n1. The predicted molar refractivity (Wildman–Crippen MR) is 62.1 cm³/mol. The van der Waals surface area contributed by atoms with Gasteiger partial charge in [0.25, 0.3) is 0 Å². The average molecular weight is 240 g/mol. The molecule has 0 amide bonds. The molecule has 0 aliphatic heterocycles. The highest BCUT2D eigenvalue weighted by Gasteiger charge is 2.19. The summed E-state index contributed by atoms with van der Waals surface area (Å²) >= 11 is 6.08. The molecule has 0 fully saturated rings. The third kappa shape index (κ3) is 1.83. The molecule has 0 aliphatic carbocycles. The molecule has 16 heavy (non-hydrogen) atoms. The maximum atomic E-state index is 6.13. The van der Waals surface area contributed by atoms with Gasteiger partial charge in [-0.05, 0) is 13.0 Å². The molecule has 0 bridgehead atoms. The van der Waals surface area contributed by atoms with Crippen molar-refractivity contribution in [3.8, 4) is 0 Å². The summed E-state index contributed by atoms with van der Waals surface area (Å²) in [6, 6.07) is 1.55. The Bertz CT molecular complexity index is 487. The zero-order chi connectivity index (χ0) is 11.7. The van der Waals surface area contributed by atoms with Crippen molar-refractivity contribution in [2.75, 3.05) is 0 Å². The molecule has 5 nitrogen and oxygen atoms in total. The van der Waals surface area contributed by atoms with Gasteiger partial charge in [-0.2, -0.15) is 10.2 Å². The minimum absolute atomic E-state index is 0.337. The number of aryl methyl sites for hydroxylation is 2. The van der Waals surface area contributed by atoms with Crippen LogP contribution in [0.1, 0.15) is 24.4 Å². The van der Waals surface area contributed by atoms with Crippen LogP contribution in [0.15, 0.2) is 18.5 Å². The zero-order valence-corrected chi connectivity index (χ0v) is 10.0. The van der Waals surface area contributed by atoms with Gasteiger partial charge < -0.3 is 5.73 Å². The molecule has 0 spiro atoms. The normalized spacial score (nSPS) is 13.0. The Kier molecular flexibility index (Phi) is 2.98. The molecule has 1 atom stereocenters. The smallest absolute Gasteiger partial charge is 0.0930 e. The topological polar surface area (TPSA) is 61.7 Å². The lowest BCUT2D eigenvalue weighted by Crippen LogP contribution is -2.18. The van der Waals surface area contributed by atoms with Gasteiger partial charge in [0.1, 0.15) is 0 Å². The first kappa shape index (κ1) is 11.2. The van der Waals surface area contributed by atoms with E-state index in [-0.39, 0.29) is 6.04 Å². The molecule has 86 valence electrons. The Morgan fingerprint density at radius 2 is 2.31 bits per heavy atom. The minimum atomic E-state index is -0.337. The molecule has 2 heterocycles. The van der Waals surface area contributed by atoms with Gasteiger partial charge in [-0.15, -0.1) is 0 Å². The lowest BCUT2D eigenvalue weighted by molar-refractivity contribution is 0.591. The molecule has 0 radical (unpaired) electrons. The molecular weight excluding hydrogens is 226 g/mol.